The molecule has 2 amide bonds. The number of nitrogens with one attached hydrogen (secondary N) is 2. The fraction of sp³-hybridized carbons (Fsp3) is 0.192. The van der Waals surface area contributed by atoms with Crippen LogP contribution in [0.2, 0.25) is 0 Å². The van der Waals surface area contributed by atoms with Gasteiger partial charge in [0.05, 0.1) is 0 Å². The molecule has 0 bridgehead atoms. The number of hydrogen-bond acceptors (Lipinski definition) is 5. The number of fused-ring (bicyclic) bond motifs is 3. The van der Waals surface area contributed by atoms with E-state index in [0.717, 1.165) is 27.8 Å². The summed E-state index contributed by atoms with van der Waals surface area (Å²) in [5.74, 6) is -1.13. The first kappa shape index (κ1) is 22.1. The van der Waals surface area contributed by atoms with Crippen LogP contribution in [0.5, 0.6) is 0 Å². The molecule has 0 unspecified atom stereocenters. The highest BCUT2D eigenvalue weighted by molar-refractivity contribution is 5.85. The van der Waals surface area contributed by atoms with Crippen molar-refractivity contribution in [2.45, 2.75) is 12.5 Å². The second-order valence-corrected chi connectivity index (χ2v) is 7.60. The van der Waals surface area contributed by atoms with Gasteiger partial charge in [-0.25, -0.2) is 4.79 Å². The molecular formula is C26H24N2O5. The molecule has 4 rings (SSSR count). The lowest BCUT2D eigenvalue weighted by Crippen LogP contribution is -2.39. The third-order valence-corrected chi connectivity index (χ3v) is 5.41. The number of carbonyl (C=O) groups excluding carboxylic acids is 3. The van der Waals surface area contributed by atoms with E-state index in [0.29, 0.717) is 0 Å². The average molecular weight is 444 g/mol. The number of carbonyl (C=O) groups is 3. The largest absolute Gasteiger partial charge is 0.460 e. The summed E-state index contributed by atoms with van der Waals surface area (Å²) in [6.45, 7) is -0.290. The van der Waals surface area contributed by atoms with E-state index in [2.05, 4.69) is 22.8 Å². The van der Waals surface area contributed by atoms with E-state index in [1.165, 1.54) is 0 Å². The van der Waals surface area contributed by atoms with Crippen LogP contribution in [0.3, 0.4) is 0 Å². The molecule has 0 atom stereocenters. The number of ether oxygens (including phenoxy) is 2. The van der Waals surface area contributed by atoms with Gasteiger partial charge in [-0.1, -0.05) is 78.9 Å². The van der Waals surface area contributed by atoms with Crippen molar-refractivity contribution in [1.82, 2.24) is 10.6 Å². The second kappa shape index (κ2) is 10.5. The Kier molecular flexibility index (Phi) is 6.99. The van der Waals surface area contributed by atoms with Gasteiger partial charge in [0.1, 0.15) is 26.3 Å². The Morgan fingerprint density at radius 2 is 1.30 bits per heavy atom. The van der Waals surface area contributed by atoms with Gasteiger partial charge < -0.3 is 20.1 Å². The number of amides is 2. The first-order chi connectivity index (χ1) is 16.1. The summed E-state index contributed by atoms with van der Waals surface area (Å²) in [6.07, 6.45) is -0.696. The SMILES string of the molecule is O=C(CNC(=O)OCC1c2ccccc2-c2ccccc21)NCC(=O)OCc1ccccc1. The second-order valence-electron chi connectivity index (χ2n) is 7.60. The van der Waals surface area contributed by atoms with Crippen molar-refractivity contribution in [3.05, 3.63) is 95.6 Å². The highest BCUT2D eigenvalue weighted by Gasteiger charge is 2.29. The van der Waals surface area contributed by atoms with Crippen molar-refractivity contribution in [3.63, 3.8) is 0 Å². The Labute approximate surface area is 191 Å². The van der Waals surface area contributed by atoms with Gasteiger partial charge in [-0.15, -0.1) is 0 Å². The third-order valence-electron chi connectivity index (χ3n) is 5.41. The van der Waals surface area contributed by atoms with E-state index in [-0.39, 0.29) is 32.2 Å². The maximum Gasteiger partial charge on any atom is 0.407 e. The lowest BCUT2D eigenvalue weighted by atomic mass is 9.98. The number of esters is 1. The molecule has 0 aliphatic heterocycles. The molecule has 0 saturated heterocycles. The van der Waals surface area contributed by atoms with E-state index >= 15 is 0 Å². The van der Waals surface area contributed by atoms with Crippen LogP contribution in [0, 0.1) is 0 Å². The van der Waals surface area contributed by atoms with E-state index in [1.54, 1.807) is 0 Å². The van der Waals surface area contributed by atoms with E-state index < -0.39 is 18.0 Å². The summed E-state index contributed by atoms with van der Waals surface area (Å²) in [5, 5.41) is 4.82. The predicted octanol–water partition coefficient (Wildman–Crippen LogP) is 3.38. The van der Waals surface area contributed by atoms with Crippen LogP contribution in [0.15, 0.2) is 78.9 Å². The van der Waals surface area contributed by atoms with Gasteiger partial charge in [0.25, 0.3) is 0 Å². The van der Waals surface area contributed by atoms with Crippen LogP contribution in [0.4, 0.5) is 4.79 Å². The Morgan fingerprint density at radius 1 is 0.697 bits per heavy atom. The van der Waals surface area contributed by atoms with E-state index in [1.807, 2.05) is 66.7 Å². The smallest absolute Gasteiger partial charge is 0.407 e. The number of hydrogen-bond donors (Lipinski definition) is 2. The number of rotatable bonds is 8. The minimum absolute atomic E-state index is 0.0589. The molecule has 3 aromatic carbocycles. The normalized spacial score (nSPS) is 11.8. The molecule has 33 heavy (non-hydrogen) atoms. The van der Waals surface area contributed by atoms with Crippen LogP contribution >= 0.6 is 0 Å². The first-order valence-electron chi connectivity index (χ1n) is 10.7. The van der Waals surface area contributed by atoms with E-state index in [4.69, 9.17) is 9.47 Å². The van der Waals surface area contributed by atoms with Gasteiger partial charge in [-0.2, -0.15) is 0 Å². The van der Waals surface area contributed by atoms with Crippen molar-refractivity contribution in [3.8, 4) is 11.1 Å². The zero-order valence-electron chi connectivity index (χ0n) is 18.0. The van der Waals surface area contributed by atoms with Crippen molar-refractivity contribution in [2.75, 3.05) is 19.7 Å². The Morgan fingerprint density at radius 3 is 1.97 bits per heavy atom. The third kappa shape index (κ3) is 5.57. The number of alkyl carbamates (subject to hydrolysis) is 1. The summed E-state index contributed by atoms with van der Waals surface area (Å²) in [4.78, 5) is 35.8. The van der Waals surface area contributed by atoms with Crippen LogP contribution in [-0.4, -0.2) is 37.7 Å². The Balaban J connectivity index is 1.18. The van der Waals surface area contributed by atoms with Crippen LogP contribution in [0.25, 0.3) is 11.1 Å². The fourth-order valence-electron chi connectivity index (χ4n) is 3.82. The molecule has 1 aliphatic rings. The lowest BCUT2D eigenvalue weighted by molar-refractivity contribution is -0.145. The molecule has 0 saturated carbocycles. The summed E-state index contributed by atoms with van der Waals surface area (Å²) < 4.78 is 10.5. The van der Waals surface area contributed by atoms with Gasteiger partial charge in [-0.3, -0.25) is 9.59 Å². The molecule has 7 heteroatoms. The average Bonchev–Trinajstić information content (AvgIpc) is 3.18. The molecule has 3 aromatic rings. The molecule has 0 spiro atoms. The summed E-state index contributed by atoms with van der Waals surface area (Å²) in [7, 11) is 0. The van der Waals surface area contributed by atoms with Crippen LogP contribution in [-0.2, 0) is 25.7 Å². The topological polar surface area (TPSA) is 93.7 Å². The molecule has 0 heterocycles. The molecule has 0 radical (unpaired) electrons. The number of benzene rings is 3. The minimum atomic E-state index is -0.696. The van der Waals surface area contributed by atoms with E-state index in [9.17, 15) is 14.4 Å². The zero-order valence-corrected chi connectivity index (χ0v) is 18.0. The highest BCUT2D eigenvalue weighted by Crippen LogP contribution is 2.44. The van der Waals surface area contributed by atoms with Crippen molar-refractivity contribution >= 4 is 18.0 Å². The highest BCUT2D eigenvalue weighted by atomic mass is 16.5. The monoisotopic (exact) mass is 444 g/mol. The molecule has 2 N–H and O–H groups in total. The van der Waals surface area contributed by atoms with Crippen molar-refractivity contribution < 1.29 is 23.9 Å². The standard InChI is InChI=1S/C26H24N2O5/c29-24(27-15-25(30)32-16-18-8-2-1-3-9-18)14-28-26(31)33-17-23-21-12-6-4-10-19(21)20-11-5-7-13-22(20)23/h1-13,23H,14-17H2,(H,27,29)(H,28,31). The molecule has 0 aromatic heterocycles. The van der Waals surface area contributed by atoms with Gasteiger partial charge in [0.15, 0.2) is 0 Å². The first-order valence-corrected chi connectivity index (χ1v) is 10.7. The fourth-order valence-corrected chi connectivity index (χ4v) is 3.82. The quantitative estimate of drug-likeness (QED) is 0.520. The van der Waals surface area contributed by atoms with Crippen LogP contribution < -0.4 is 10.6 Å². The van der Waals surface area contributed by atoms with Gasteiger partial charge in [0, 0.05) is 5.92 Å². The molecular weight excluding hydrogens is 420 g/mol. The maximum absolute atomic E-state index is 12.1. The van der Waals surface area contributed by atoms with Crippen LogP contribution in [0.1, 0.15) is 22.6 Å². The molecule has 1 aliphatic carbocycles. The minimum Gasteiger partial charge on any atom is -0.460 e. The van der Waals surface area contributed by atoms with Gasteiger partial charge in [-0.05, 0) is 27.8 Å². The zero-order chi connectivity index (χ0) is 23.0. The summed E-state index contributed by atoms with van der Waals surface area (Å²) in [5.41, 5.74) is 5.35. The van der Waals surface area contributed by atoms with Gasteiger partial charge in [0.2, 0.25) is 5.91 Å². The molecule has 0 fully saturated rings. The summed E-state index contributed by atoms with van der Waals surface area (Å²) >= 11 is 0. The van der Waals surface area contributed by atoms with Crippen molar-refractivity contribution in [1.29, 1.82) is 0 Å². The lowest BCUT2D eigenvalue weighted by Gasteiger charge is -2.14. The Hall–Kier alpha value is -4.13. The molecule has 168 valence electrons. The molecule has 7 nitrogen and oxygen atoms in total. The predicted molar refractivity (Wildman–Crippen MR) is 122 cm³/mol. The Bertz CT molecular complexity index is 1100. The summed E-state index contributed by atoms with van der Waals surface area (Å²) in [6, 6.07) is 25.3. The van der Waals surface area contributed by atoms with Crippen molar-refractivity contribution in [2.24, 2.45) is 0 Å². The maximum atomic E-state index is 12.1. The van der Waals surface area contributed by atoms with Gasteiger partial charge >= 0.3 is 12.1 Å².